The van der Waals surface area contributed by atoms with E-state index in [0.717, 1.165) is 56.1 Å². The molecule has 2 saturated heterocycles. The average Bonchev–Trinajstić information content (AvgIpc) is 3.55. The molecule has 4 N–H and O–H groups in total. The predicted molar refractivity (Wildman–Crippen MR) is 183 cm³/mol. The number of hydrazine groups is 2. The molecular weight excluding hydrogens is 662 g/mol. The SMILES string of the molecule is N#Cc1cnc2c(Cl)cc(N[C@H](C3=CN(C4CCN(C5COC5)CC4)NN3)c3ccccc3)cc2c1NCc1cc(F)c(Cl)c(Cl)c1. The molecule has 0 radical (unpaired) electrons. The highest BCUT2D eigenvalue weighted by Crippen LogP contribution is 2.37. The number of hydrogen-bond acceptors (Lipinski definition) is 9. The van der Waals surface area contributed by atoms with Crippen molar-refractivity contribution < 1.29 is 9.13 Å². The molecule has 13 heteroatoms. The highest BCUT2D eigenvalue weighted by molar-refractivity contribution is 6.42. The van der Waals surface area contributed by atoms with Gasteiger partial charge in [0.15, 0.2) is 0 Å². The third-order valence-electron chi connectivity index (χ3n) is 8.95. The van der Waals surface area contributed by atoms with Crippen LogP contribution in [0.5, 0.6) is 0 Å². The molecule has 3 aromatic carbocycles. The lowest BCUT2D eigenvalue weighted by molar-refractivity contribution is -0.0760. The van der Waals surface area contributed by atoms with E-state index in [0.29, 0.717) is 44.8 Å². The van der Waals surface area contributed by atoms with Crippen LogP contribution in [-0.2, 0) is 11.3 Å². The molecule has 0 spiro atoms. The number of benzene rings is 3. The van der Waals surface area contributed by atoms with E-state index in [1.54, 1.807) is 6.07 Å². The summed E-state index contributed by atoms with van der Waals surface area (Å²) in [5.74, 6) is -0.616. The number of likely N-dealkylation sites (tertiary alicyclic amines) is 1. The zero-order chi connectivity index (χ0) is 32.5. The van der Waals surface area contributed by atoms with Crippen LogP contribution in [0.25, 0.3) is 10.9 Å². The molecule has 0 bridgehead atoms. The first-order chi connectivity index (χ1) is 22.9. The fourth-order valence-electron chi connectivity index (χ4n) is 6.32. The van der Waals surface area contributed by atoms with Gasteiger partial charge in [-0.3, -0.25) is 14.9 Å². The molecule has 2 fully saturated rings. The monoisotopic (exact) mass is 692 g/mol. The van der Waals surface area contributed by atoms with Gasteiger partial charge in [-0.05, 0) is 48.2 Å². The maximum atomic E-state index is 14.3. The minimum atomic E-state index is -0.616. The molecule has 3 aliphatic heterocycles. The van der Waals surface area contributed by atoms with Crippen molar-refractivity contribution in [3.8, 4) is 6.07 Å². The lowest BCUT2D eigenvalue weighted by Crippen LogP contribution is -2.55. The van der Waals surface area contributed by atoms with Crippen molar-refractivity contribution >= 4 is 57.1 Å². The van der Waals surface area contributed by atoms with Crippen LogP contribution in [0.1, 0.15) is 35.6 Å². The van der Waals surface area contributed by atoms with Crippen LogP contribution in [0, 0.1) is 17.1 Å². The fourth-order valence-corrected chi connectivity index (χ4v) is 6.93. The van der Waals surface area contributed by atoms with Gasteiger partial charge >= 0.3 is 0 Å². The van der Waals surface area contributed by atoms with Crippen LogP contribution in [0.2, 0.25) is 15.1 Å². The van der Waals surface area contributed by atoms with Gasteiger partial charge in [-0.15, -0.1) is 5.53 Å². The second-order valence-electron chi connectivity index (χ2n) is 11.9. The Bertz CT molecular complexity index is 1840. The zero-order valence-electron chi connectivity index (χ0n) is 25.2. The smallest absolute Gasteiger partial charge is 0.143 e. The number of rotatable bonds is 9. The van der Waals surface area contributed by atoms with Crippen LogP contribution in [0.3, 0.4) is 0 Å². The van der Waals surface area contributed by atoms with Gasteiger partial charge in [-0.1, -0.05) is 65.1 Å². The third-order valence-corrected chi connectivity index (χ3v) is 10.0. The number of ether oxygens (including phenoxy) is 1. The van der Waals surface area contributed by atoms with Crippen LogP contribution in [-0.4, -0.2) is 53.3 Å². The molecule has 1 aromatic heterocycles. The molecule has 0 unspecified atom stereocenters. The van der Waals surface area contributed by atoms with Gasteiger partial charge < -0.3 is 20.8 Å². The molecule has 3 aliphatic rings. The summed E-state index contributed by atoms with van der Waals surface area (Å²) in [6.07, 6.45) is 5.72. The zero-order valence-corrected chi connectivity index (χ0v) is 27.5. The molecule has 47 heavy (non-hydrogen) atoms. The number of anilines is 2. The summed E-state index contributed by atoms with van der Waals surface area (Å²) in [5.41, 5.74) is 11.4. The molecule has 4 heterocycles. The number of aromatic nitrogens is 1. The number of fused-ring (bicyclic) bond motifs is 1. The van der Waals surface area contributed by atoms with E-state index in [4.69, 9.17) is 39.5 Å². The normalized spacial score (nSPS) is 17.9. The van der Waals surface area contributed by atoms with Crippen molar-refractivity contribution in [1.82, 2.24) is 25.9 Å². The van der Waals surface area contributed by atoms with E-state index in [2.05, 4.69) is 60.9 Å². The number of pyridine rings is 1. The summed E-state index contributed by atoms with van der Waals surface area (Å²) in [6.45, 7) is 3.96. The molecule has 7 rings (SSSR count). The Hall–Kier alpha value is -3.82. The van der Waals surface area contributed by atoms with Gasteiger partial charge in [0.2, 0.25) is 0 Å². The third kappa shape index (κ3) is 6.65. The van der Waals surface area contributed by atoms with Crippen molar-refractivity contribution in [3.05, 3.63) is 110 Å². The lowest BCUT2D eigenvalue weighted by atomic mass is 10.0. The Kier molecular flexibility index (Phi) is 9.28. The summed E-state index contributed by atoms with van der Waals surface area (Å²) in [5, 5.41) is 20.1. The number of hydrogen-bond donors (Lipinski definition) is 4. The number of nitriles is 1. The topological polar surface area (TPSA) is 101 Å². The van der Waals surface area contributed by atoms with Crippen molar-refractivity contribution in [1.29, 1.82) is 5.26 Å². The minimum absolute atomic E-state index is 0.113. The van der Waals surface area contributed by atoms with E-state index in [-0.39, 0.29) is 22.6 Å². The van der Waals surface area contributed by atoms with Gasteiger partial charge in [0.05, 0.1) is 62.8 Å². The number of halogens is 4. The summed E-state index contributed by atoms with van der Waals surface area (Å²) >= 11 is 18.8. The van der Waals surface area contributed by atoms with Crippen molar-refractivity contribution in [2.24, 2.45) is 0 Å². The van der Waals surface area contributed by atoms with Gasteiger partial charge in [0.1, 0.15) is 11.9 Å². The lowest BCUT2D eigenvalue weighted by Gasteiger charge is -2.42. The average molecular weight is 694 g/mol. The molecular formula is C34H32Cl3FN8O. The summed E-state index contributed by atoms with van der Waals surface area (Å²) in [7, 11) is 0. The largest absolute Gasteiger partial charge is 0.379 e. The first kappa shape index (κ1) is 31.8. The van der Waals surface area contributed by atoms with Crippen LogP contribution < -0.4 is 21.6 Å². The fraction of sp³-hybridized carbons (Fsp3) is 0.294. The molecule has 9 nitrogen and oxygen atoms in total. The molecule has 0 saturated carbocycles. The highest BCUT2D eigenvalue weighted by Gasteiger charge is 2.33. The van der Waals surface area contributed by atoms with Gasteiger partial charge in [-0.2, -0.15) is 5.26 Å². The number of nitrogens with zero attached hydrogens (tertiary/aromatic N) is 4. The maximum absolute atomic E-state index is 14.3. The highest BCUT2D eigenvalue weighted by atomic mass is 35.5. The second kappa shape index (κ2) is 13.7. The molecule has 1 atom stereocenters. The molecule has 0 amide bonds. The Morgan fingerprint density at radius 3 is 2.53 bits per heavy atom. The maximum Gasteiger partial charge on any atom is 0.143 e. The molecule has 0 aliphatic carbocycles. The summed E-state index contributed by atoms with van der Waals surface area (Å²) in [6, 6.07) is 19.7. The number of nitrogens with one attached hydrogen (secondary N) is 4. The van der Waals surface area contributed by atoms with E-state index in [1.807, 2.05) is 30.3 Å². The van der Waals surface area contributed by atoms with Crippen LogP contribution in [0.4, 0.5) is 15.8 Å². The van der Waals surface area contributed by atoms with E-state index >= 15 is 0 Å². The van der Waals surface area contributed by atoms with Crippen molar-refractivity contribution in [2.75, 3.05) is 36.9 Å². The Morgan fingerprint density at radius 1 is 1.04 bits per heavy atom. The van der Waals surface area contributed by atoms with Crippen LogP contribution >= 0.6 is 34.8 Å². The van der Waals surface area contributed by atoms with E-state index in [1.165, 1.54) is 12.3 Å². The Labute approximate surface area is 287 Å². The minimum Gasteiger partial charge on any atom is -0.379 e. The standard InChI is InChI=1S/C34H32Cl3FN8O/c35-27-10-20(11-29(38)31(27)37)15-40-32-22(14-39)16-41-34-26(32)12-23(13-28(34)36)42-33(21-4-2-1-3-5-21)30-17-46(44-43-30)24-6-8-45(9-7-24)25-18-47-19-25/h1-5,10-13,16-17,24-25,33,42-44H,6-9,15,18-19H2,(H,40,41)/t33-/m0/s1. The summed E-state index contributed by atoms with van der Waals surface area (Å²) < 4.78 is 19.7. The first-order valence-corrected chi connectivity index (χ1v) is 16.6. The second-order valence-corrected chi connectivity index (χ2v) is 13.1. The van der Waals surface area contributed by atoms with Gasteiger partial charge in [0, 0.05) is 49.1 Å². The van der Waals surface area contributed by atoms with Crippen LogP contribution in [0.15, 0.2) is 72.7 Å². The first-order valence-electron chi connectivity index (χ1n) is 15.4. The predicted octanol–water partition coefficient (Wildman–Crippen LogP) is 7.00. The van der Waals surface area contributed by atoms with Gasteiger partial charge in [0.25, 0.3) is 0 Å². The Morgan fingerprint density at radius 2 is 1.83 bits per heavy atom. The van der Waals surface area contributed by atoms with Crippen molar-refractivity contribution in [2.45, 2.75) is 37.5 Å². The Balaban J connectivity index is 1.17. The quantitative estimate of drug-likeness (QED) is 0.138. The van der Waals surface area contributed by atoms with Gasteiger partial charge in [-0.25, -0.2) is 4.39 Å². The molecule has 4 aromatic rings. The van der Waals surface area contributed by atoms with Crippen molar-refractivity contribution in [3.63, 3.8) is 0 Å². The number of piperidine rings is 1. The van der Waals surface area contributed by atoms with E-state index < -0.39 is 5.82 Å². The van der Waals surface area contributed by atoms with E-state index in [9.17, 15) is 9.65 Å². The summed E-state index contributed by atoms with van der Waals surface area (Å²) in [4.78, 5) is 7.01. The molecule has 242 valence electrons.